The van der Waals surface area contributed by atoms with Gasteiger partial charge in [0.1, 0.15) is 0 Å². The largest absolute Gasteiger partial charge is 1.00 e. The molecule has 26 heteroatoms. The van der Waals surface area contributed by atoms with Gasteiger partial charge in [-0.05, 0) is 0 Å². The van der Waals surface area contributed by atoms with Gasteiger partial charge in [-0.25, -0.2) is 12.8 Å². The minimum Gasteiger partial charge on any atom is -0.743 e. The Morgan fingerprint density at radius 2 is 0.622 bits per heavy atom. The summed E-state index contributed by atoms with van der Waals surface area (Å²) in [4.78, 5) is 0. The quantitative estimate of drug-likeness (QED) is 0.203. The van der Waals surface area contributed by atoms with E-state index >= 15 is 0 Å². The van der Waals surface area contributed by atoms with Crippen molar-refractivity contribution in [3.63, 3.8) is 0 Å². The molecule has 0 rings (SSSR count). The van der Waals surface area contributed by atoms with Crippen LogP contribution in [0.1, 0.15) is 0 Å². The van der Waals surface area contributed by atoms with Gasteiger partial charge in [0, 0.05) is 0 Å². The molecule has 3 nitrogen and oxygen atoms in total. The smallest absolute Gasteiger partial charge is 0.743 e. The van der Waals surface area contributed by atoms with Gasteiger partial charge in [-0.2, -0.15) is 87.8 Å². The summed E-state index contributed by atoms with van der Waals surface area (Å²) in [6, 6.07) is 0. The van der Waals surface area contributed by atoms with Gasteiger partial charge in [-0.3, -0.25) is 0 Å². The van der Waals surface area contributed by atoms with Crippen molar-refractivity contribution in [2.75, 3.05) is 6.67 Å². The van der Waals surface area contributed by atoms with Crippen LogP contribution in [0.4, 0.5) is 92.2 Å². The molecule has 0 saturated heterocycles. The third-order valence-corrected chi connectivity index (χ3v) is 4.95. The fourth-order valence-electron chi connectivity index (χ4n) is 1.84. The fraction of sp³-hybridized carbons (Fsp3) is 1.00. The normalized spacial score (nSPS) is 16.5. The molecular formula is C11H2F21LiO3S. The van der Waals surface area contributed by atoms with Crippen LogP contribution in [0.25, 0.3) is 0 Å². The Hall–Kier alpha value is -0.963. The molecule has 37 heavy (non-hydrogen) atoms. The average Bonchev–Trinajstić information content (AvgIpc) is 2.65. The Bertz CT molecular complexity index is 941. The Labute approximate surface area is 200 Å². The van der Waals surface area contributed by atoms with Gasteiger partial charge in [-0.15, -0.1) is 0 Å². The third kappa shape index (κ3) is 4.51. The molecule has 0 radical (unpaired) electrons. The molecule has 218 valence electrons. The van der Waals surface area contributed by atoms with Crippen LogP contribution in [0.15, 0.2) is 0 Å². The molecule has 0 aliphatic rings. The molecule has 0 aliphatic heterocycles. The summed E-state index contributed by atoms with van der Waals surface area (Å²) in [5.74, 6) is -79.4. The van der Waals surface area contributed by atoms with Crippen LogP contribution < -0.4 is 18.9 Å². The van der Waals surface area contributed by atoms with Gasteiger partial charge >= 0.3 is 77.4 Å². The van der Waals surface area contributed by atoms with Crippen molar-refractivity contribution in [1.29, 1.82) is 0 Å². The Kier molecular flexibility index (Phi) is 9.61. The summed E-state index contributed by atoms with van der Waals surface area (Å²) >= 11 is 0. The maximum absolute atomic E-state index is 13.4. The minimum atomic E-state index is -9.37. The Morgan fingerprint density at radius 3 is 0.811 bits per heavy atom. The molecule has 0 aromatic rings. The van der Waals surface area contributed by atoms with Gasteiger partial charge in [0.15, 0.2) is 16.8 Å². The molecule has 0 N–H and O–H groups in total. The molecule has 0 saturated carbocycles. The molecule has 0 unspecified atom stereocenters. The van der Waals surface area contributed by atoms with Crippen LogP contribution in [0.3, 0.4) is 0 Å². The molecule has 0 fully saturated rings. The fourth-order valence-corrected chi connectivity index (χ4v) is 2.28. The second kappa shape index (κ2) is 9.31. The van der Waals surface area contributed by atoms with Crippen molar-refractivity contribution in [3.05, 3.63) is 0 Å². The van der Waals surface area contributed by atoms with Crippen molar-refractivity contribution in [2.45, 2.75) is 58.6 Å². The van der Waals surface area contributed by atoms with Crippen molar-refractivity contribution in [3.8, 4) is 0 Å². The molecule has 0 aliphatic carbocycles. The van der Waals surface area contributed by atoms with E-state index < -0.39 is 75.4 Å². The van der Waals surface area contributed by atoms with E-state index in [0.717, 1.165) is 0 Å². The van der Waals surface area contributed by atoms with Crippen molar-refractivity contribution < 1.29 is 124 Å². The number of halogens is 21. The van der Waals surface area contributed by atoms with E-state index in [1.807, 2.05) is 0 Å². The molecule has 0 aromatic heterocycles. The van der Waals surface area contributed by atoms with Crippen LogP contribution >= 0.6 is 0 Å². The number of rotatable bonds is 11. The zero-order valence-electron chi connectivity index (χ0n) is 16.3. The van der Waals surface area contributed by atoms with Crippen molar-refractivity contribution in [1.82, 2.24) is 0 Å². The second-order valence-corrected chi connectivity index (χ2v) is 7.83. The standard InChI is InChI=1S/C11H3F21O3S.Li/c12-1-2(13,14)3(15,16)4(17,18)5(19,20)6(21,22)7(23,24)8(25,26)9(27,28)10(29,30)11(31,32)36(33,34)35;/h1H2,(H,33,34,35);/q;+1/p-1. The van der Waals surface area contributed by atoms with E-state index in [-0.39, 0.29) is 18.9 Å². The number of hydrogen-bond donors (Lipinski definition) is 0. The molecular weight excluding hydrogens is 618 g/mol. The monoisotopic (exact) mass is 620 g/mol. The zero-order valence-corrected chi connectivity index (χ0v) is 17.1. The van der Waals surface area contributed by atoms with Gasteiger partial charge in [0.2, 0.25) is 0 Å². The van der Waals surface area contributed by atoms with E-state index in [2.05, 4.69) is 0 Å². The predicted molar refractivity (Wildman–Crippen MR) is 65.1 cm³/mol. The van der Waals surface area contributed by atoms with Gasteiger partial charge in [-0.1, -0.05) is 0 Å². The molecule has 0 bridgehead atoms. The summed E-state index contributed by atoms with van der Waals surface area (Å²) in [7, 11) is -8.34. The van der Waals surface area contributed by atoms with E-state index in [1.54, 1.807) is 0 Å². The summed E-state index contributed by atoms with van der Waals surface area (Å²) in [6.07, 6.45) is 0. The van der Waals surface area contributed by atoms with Crippen LogP contribution in [0, 0.1) is 0 Å². The van der Waals surface area contributed by atoms with Crippen LogP contribution in [-0.2, 0) is 10.1 Å². The molecule has 0 heterocycles. The molecule has 0 aromatic carbocycles. The van der Waals surface area contributed by atoms with Crippen LogP contribution in [0.2, 0.25) is 0 Å². The predicted octanol–water partition coefficient (Wildman–Crippen LogP) is 2.82. The SMILES string of the molecule is O=S(=O)([O-])C(F)(F)C(F)(F)C(F)(F)C(F)(F)C(F)(F)C(F)(F)C(F)(F)C(F)(F)C(F)(F)C(F)(F)CF.[Li+]. The summed E-state index contributed by atoms with van der Waals surface area (Å²) in [6.45, 7) is -4.17. The van der Waals surface area contributed by atoms with E-state index in [1.165, 1.54) is 0 Å². The second-order valence-electron chi connectivity index (χ2n) is 6.40. The van der Waals surface area contributed by atoms with Crippen LogP contribution in [0.5, 0.6) is 0 Å². The van der Waals surface area contributed by atoms with Crippen molar-refractivity contribution in [2.24, 2.45) is 0 Å². The first-order valence-electron chi connectivity index (χ1n) is 7.35. The Morgan fingerprint density at radius 1 is 0.432 bits per heavy atom. The first-order chi connectivity index (χ1) is 15.1. The van der Waals surface area contributed by atoms with Gasteiger partial charge < -0.3 is 4.55 Å². The third-order valence-electron chi connectivity index (χ3n) is 4.07. The van der Waals surface area contributed by atoms with E-state index in [9.17, 15) is 105 Å². The first-order valence-corrected chi connectivity index (χ1v) is 8.76. The number of hydrogen-bond acceptors (Lipinski definition) is 3. The molecule has 0 amide bonds. The van der Waals surface area contributed by atoms with Crippen LogP contribution in [-0.4, -0.2) is 78.2 Å². The van der Waals surface area contributed by atoms with Gasteiger partial charge in [0.25, 0.3) is 0 Å². The molecule has 0 atom stereocenters. The van der Waals surface area contributed by atoms with E-state index in [4.69, 9.17) is 0 Å². The first kappa shape index (κ1) is 38.2. The summed E-state index contributed by atoms with van der Waals surface area (Å²) in [5, 5.41) is -8.17. The summed E-state index contributed by atoms with van der Waals surface area (Å²) < 4.78 is 304. The topological polar surface area (TPSA) is 57.2 Å². The minimum absolute atomic E-state index is 0. The maximum atomic E-state index is 13.4. The Balaban J connectivity index is 0. The molecule has 0 spiro atoms. The van der Waals surface area contributed by atoms with Crippen molar-refractivity contribution >= 4 is 10.1 Å². The van der Waals surface area contributed by atoms with E-state index in [0.29, 0.717) is 0 Å². The summed E-state index contributed by atoms with van der Waals surface area (Å²) in [5.41, 5.74) is 0. The average molecular weight is 620 g/mol. The van der Waals surface area contributed by atoms with Gasteiger partial charge in [0.05, 0.1) is 0 Å². The zero-order chi connectivity index (χ0) is 30.2. The number of alkyl halides is 21. The maximum Gasteiger partial charge on any atom is 1.00 e.